The summed E-state index contributed by atoms with van der Waals surface area (Å²) in [6, 6.07) is 11.9. The molecule has 4 aromatic rings. The molecule has 1 saturated heterocycles. The highest BCUT2D eigenvalue weighted by Crippen LogP contribution is 2.35. The number of hydrogen-bond donors (Lipinski definition) is 2. The second kappa shape index (κ2) is 9.59. The van der Waals surface area contributed by atoms with Crippen molar-refractivity contribution in [3.63, 3.8) is 0 Å². The molecule has 0 unspecified atom stereocenters. The average Bonchev–Trinajstić information content (AvgIpc) is 3.60. The van der Waals surface area contributed by atoms with E-state index in [9.17, 15) is 4.79 Å². The van der Waals surface area contributed by atoms with Gasteiger partial charge in [0.15, 0.2) is 0 Å². The number of rotatable bonds is 7. The number of nitrogens with zero attached hydrogens (tertiary/aromatic N) is 4. The lowest BCUT2D eigenvalue weighted by Gasteiger charge is -2.27. The maximum Gasteiger partial charge on any atom is 0.227 e. The molecule has 9 heteroatoms. The number of amides is 1. The lowest BCUT2D eigenvalue weighted by molar-refractivity contribution is -0.116. The molecule has 4 heterocycles. The zero-order valence-corrected chi connectivity index (χ0v) is 20.1. The van der Waals surface area contributed by atoms with Crippen molar-refractivity contribution in [1.29, 1.82) is 0 Å². The molecule has 2 aliphatic rings. The molecule has 0 spiro atoms. The van der Waals surface area contributed by atoms with Gasteiger partial charge in [-0.25, -0.2) is 15.0 Å². The molecule has 1 amide bonds. The minimum Gasteiger partial charge on any atom is -0.378 e. The molecule has 1 saturated carbocycles. The van der Waals surface area contributed by atoms with Gasteiger partial charge >= 0.3 is 0 Å². The number of carbonyl (C=O) groups excluding carboxylic acids is 1. The summed E-state index contributed by atoms with van der Waals surface area (Å²) in [5, 5.41) is 8.40. The molecule has 1 aliphatic carbocycles. The first-order chi connectivity index (χ1) is 17.2. The zero-order chi connectivity index (χ0) is 23.6. The third-order valence-electron chi connectivity index (χ3n) is 6.28. The fourth-order valence-corrected chi connectivity index (χ4v) is 5.10. The van der Waals surface area contributed by atoms with E-state index in [2.05, 4.69) is 30.9 Å². The molecular weight excluding hydrogens is 460 g/mol. The van der Waals surface area contributed by atoms with Crippen molar-refractivity contribution in [2.75, 3.05) is 41.8 Å². The van der Waals surface area contributed by atoms with Gasteiger partial charge in [-0.15, -0.1) is 11.3 Å². The lowest BCUT2D eigenvalue weighted by atomic mass is 10.1. The van der Waals surface area contributed by atoms with Crippen LogP contribution < -0.4 is 15.5 Å². The number of ether oxygens (including phenoxy) is 1. The maximum atomic E-state index is 12.3. The second-order valence-corrected chi connectivity index (χ2v) is 9.87. The molecule has 2 N–H and O–H groups in total. The van der Waals surface area contributed by atoms with Gasteiger partial charge in [-0.2, -0.15) is 0 Å². The normalized spacial score (nSPS) is 15.8. The van der Waals surface area contributed by atoms with Crippen molar-refractivity contribution >= 4 is 50.6 Å². The fourth-order valence-electron chi connectivity index (χ4n) is 4.22. The third-order valence-corrected chi connectivity index (χ3v) is 7.19. The Kier molecular flexibility index (Phi) is 6.01. The SMILES string of the molecule is O=C(CC1CC1)Nc1cccc(-c2csc3cnc(Nc4ccc(N5CCOCC5)nc4)nc23)c1. The van der Waals surface area contributed by atoms with Crippen LogP contribution in [0.4, 0.5) is 23.1 Å². The average molecular weight is 487 g/mol. The van der Waals surface area contributed by atoms with Crippen LogP contribution in [-0.4, -0.2) is 47.2 Å². The molecule has 35 heavy (non-hydrogen) atoms. The summed E-state index contributed by atoms with van der Waals surface area (Å²) >= 11 is 1.61. The van der Waals surface area contributed by atoms with Crippen molar-refractivity contribution in [1.82, 2.24) is 15.0 Å². The summed E-state index contributed by atoms with van der Waals surface area (Å²) in [7, 11) is 0. The van der Waals surface area contributed by atoms with Gasteiger partial charge in [0.2, 0.25) is 11.9 Å². The number of hydrogen-bond acceptors (Lipinski definition) is 8. The number of nitrogens with one attached hydrogen (secondary N) is 2. The van der Waals surface area contributed by atoms with Crippen molar-refractivity contribution in [2.45, 2.75) is 19.3 Å². The zero-order valence-electron chi connectivity index (χ0n) is 19.2. The molecule has 1 aromatic carbocycles. The summed E-state index contributed by atoms with van der Waals surface area (Å²) in [6.45, 7) is 3.17. The van der Waals surface area contributed by atoms with E-state index in [1.54, 1.807) is 17.5 Å². The standard InChI is InChI=1S/C26H26N6O2S/c33-24(12-17-4-5-17)29-19-3-1-2-18(13-19)21-16-35-22-15-28-26(31-25(21)22)30-20-6-7-23(27-14-20)32-8-10-34-11-9-32/h1-3,6-7,13-17H,4-5,8-12H2,(H,29,33)(H,28,30,31). The van der Waals surface area contributed by atoms with Crippen molar-refractivity contribution in [2.24, 2.45) is 5.92 Å². The number of anilines is 4. The van der Waals surface area contributed by atoms with E-state index < -0.39 is 0 Å². The Hall–Kier alpha value is -3.56. The van der Waals surface area contributed by atoms with Crippen molar-refractivity contribution < 1.29 is 9.53 Å². The number of aromatic nitrogens is 3. The Morgan fingerprint density at radius 2 is 1.97 bits per heavy atom. The summed E-state index contributed by atoms with van der Waals surface area (Å²) in [6.07, 6.45) is 6.59. The van der Waals surface area contributed by atoms with Crippen LogP contribution >= 0.6 is 11.3 Å². The van der Waals surface area contributed by atoms with Crippen molar-refractivity contribution in [3.8, 4) is 11.1 Å². The Balaban J connectivity index is 1.20. The molecule has 2 fully saturated rings. The van der Waals surface area contributed by atoms with Gasteiger partial charge in [0.25, 0.3) is 0 Å². The number of benzene rings is 1. The highest BCUT2D eigenvalue weighted by atomic mass is 32.1. The monoisotopic (exact) mass is 486 g/mol. The first kappa shape index (κ1) is 21.9. The van der Waals surface area contributed by atoms with Gasteiger partial charge in [-0.05, 0) is 48.6 Å². The molecule has 0 radical (unpaired) electrons. The number of carbonyl (C=O) groups is 1. The predicted octanol–water partition coefficient (Wildman–Crippen LogP) is 5.07. The molecule has 3 aromatic heterocycles. The maximum absolute atomic E-state index is 12.3. The van der Waals surface area contributed by atoms with E-state index in [1.165, 1.54) is 12.8 Å². The smallest absolute Gasteiger partial charge is 0.227 e. The Labute approximate surface area is 207 Å². The van der Waals surface area contributed by atoms with E-state index in [-0.39, 0.29) is 5.91 Å². The van der Waals surface area contributed by atoms with Crippen LogP contribution in [-0.2, 0) is 9.53 Å². The van der Waals surface area contributed by atoms with E-state index in [0.29, 0.717) is 18.3 Å². The fraction of sp³-hybridized carbons (Fsp3) is 0.308. The third kappa shape index (κ3) is 5.11. The number of pyridine rings is 1. The number of fused-ring (bicyclic) bond motifs is 1. The highest BCUT2D eigenvalue weighted by Gasteiger charge is 2.24. The summed E-state index contributed by atoms with van der Waals surface area (Å²) < 4.78 is 6.43. The molecule has 0 bridgehead atoms. The number of thiophene rings is 1. The van der Waals surface area contributed by atoms with E-state index >= 15 is 0 Å². The van der Waals surface area contributed by atoms with Crippen LogP contribution in [0.25, 0.3) is 21.3 Å². The number of morpholine rings is 1. The Morgan fingerprint density at radius 3 is 2.77 bits per heavy atom. The Morgan fingerprint density at radius 1 is 1.09 bits per heavy atom. The largest absolute Gasteiger partial charge is 0.378 e. The van der Waals surface area contributed by atoms with Gasteiger partial charge in [0.05, 0.1) is 41.5 Å². The van der Waals surface area contributed by atoms with Gasteiger partial charge in [0, 0.05) is 36.1 Å². The lowest BCUT2D eigenvalue weighted by Crippen LogP contribution is -2.36. The van der Waals surface area contributed by atoms with Gasteiger partial charge in [0.1, 0.15) is 5.82 Å². The van der Waals surface area contributed by atoms with Crippen LogP contribution in [0.1, 0.15) is 19.3 Å². The quantitative estimate of drug-likeness (QED) is 0.377. The van der Waals surface area contributed by atoms with Crippen LogP contribution in [0.15, 0.2) is 54.2 Å². The topological polar surface area (TPSA) is 92.3 Å². The second-order valence-electron chi connectivity index (χ2n) is 8.96. The molecule has 1 aliphatic heterocycles. The van der Waals surface area contributed by atoms with Crippen LogP contribution in [0, 0.1) is 5.92 Å². The van der Waals surface area contributed by atoms with Crippen LogP contribution in [0.3, 0.4) is 0 Å². The summed E-state index contributed by atoms with van der Waals surface area (Å²) in [5.41, 5.74) is 4.56. The van der Waals surface area contributed by atoms with E-state index in [1.807, 2.05) is 42.6 Å². The van der Waals surface area contributed by atoms with Gasteiger partial charge < -0.3 is 20.3 Å². The van der Waals surface area contributed by atoms with Gasteiger partial charge in [-0.3, -0.25) is 4.79 Å². The minimum atomic E-state index is 0.0851. The summed E-state index contributed by atoms with van der Waals surface area (Å²) in [5.74, 6) is 2.11. The van der Waals surface area contributed by atoms with Crippen LogP contribution in [0.2, 0.25) is 0 Å². The van der Waals surface area contributed by atoms with E-state index in [0.717, 1.165) is 64.8 Å². The van der Waals surface area contributed by atoms with Crippen LogP contribution in [0.5, 0.6) is 0 Å². The molecular formula is C26H26N6O2S. The molecule has 178 valence electrons. The Bertz CT molecular complexity index is 1350. The molecule has 8 nitrogen and oxygen atoms in total. The predicted molar refractivity (Wildman–Crippen MR) is 139 cm³/mol. The van der Waals surface area contributed by atoms with Gasteiger partial charge in [-0.1, -0.05) is 12.1 Å². The van der Waals surface area contributed by atoms with Crippen molar-refractivity contribution in [3.05, 3.63) is 54.2 Å². The summed E-state index contributed by atoms with van der Waals surface area (Å²) in [4.78, 5) is 28.4. The minimum absolute atomic E-state index is 0.0851. The first-order valence-corrected chi connectivity index (χ1v) is 12.8. The molecule has 0 atom stereocenters. The first-order valence-electron chi connectivity index (χ1n) is 11.9. The van der Waals surface area contributed by atoms with E-state index in [4.69, 9.17) is 9.72 Å². The molecule has 6 rings (SSSR count). The highest BCUT2D eigenvalue weighted by molar-refractivity contribution is 7.17.